The molecule has 2 aromatic heterocycles. The van der Waals surface area contributed by atoms with Gasteiger partial charge >= 0.3 is 0 Å². The summed E-state index contributed by atoms with van der Waals surface area (Å²) in [6.07, 6.45) is 1.57. The van der Waals surface area contributed by atoms with E-state index in [0.29, 0.717) is 37.5 Å². The molecule has 1 N–H and O–H groups in total. The summed E-state index contributed by atoms with van der Waals surface area (Å²) in [5.41, 5.74) is 2.85. The molecule has 2 amide bonds. The summed E-state index contributed by atoms with van der Waals surface area (Å²) in [5, 5.41) is 2.69. The second kappa shape index (κ2) is 7.38. The predicted molar refractivity (Wildman–Crippen MR) is 103 cm³/mol. The second-order valence-corrected chi connectivity index (χ2v) is 6.79. The number of benzene rings is 1. The average molecular weight is 384 g/mol. The third kappa shape index (κ3) is 3.45. The van der Waals surface area contributed by atoms with Crippen LogP contribution >= 0.6 is 0 Å². The van der Waals surface area contributed by atoms with E-state index in [2.05, 4.69) is 10.2 Å². The molecule has 3 heterocycles. The van der Waals surface area contributed by atoms with Gasteiger partial charge < -0.3 is 24.1 Å². The maximum Gasteiger partial charge on any atom is 0.268 e. The number of amides is 2. The molecule has 0 radical (unpaired) electrons. The number of anilines is 1. The number of hydrogen-bond acceptors (Lipinski definition) is 4. The van der Waals surface area contributed by atoms with Crippen LogP contribution in [0.15, 0.2) is 47.1 Å². The Balaban J connectivity index is 1.29. The normalized spacial score (nSPS) is 14.5. The minimum absolute atomic E-state index is 0.0536. The topological polar surface area (TPSA) is 70.7 Å². The van der Waals surface area contributed by atoms with Crippen LogP contribution in [0.25, 0.3) is 11.1 Å². The molecule has 1 saturated heterocycles. The van der Waals surface area contributed by atoms with Crippen LogP contribution in [0.4, 0.5) is 10.1 Å². The van der Waals surface area contributed by atoms with E-state index in [1.54, 1.807) is 47.0 Å². The summed E-state index contributed by atoms with van der Waals surface area (Å²) in [7, 11) is 1.78. The smallest absolute Gasteiger partial charge is 0.268 e. The van der Waals surface area contributed by atoms with Gasteiger partial charge in [0.15, 0.2) is 5.58 Å². The lowest BCUT2D eigenvalue weighted by molar-refractivity contribution is -0.130. The molecule has 146 valence electrons. The standard InChI is InChI=1S/C20H21FN4O3/c1-23-16-6-11-28-18(16)12-17(23)20(27)22-13-19(26)25-9-7-24(8-10-25)15-4-2-14(21)3-5-15/h2-6,11-12H,7-10,13H2,1H3,(H,22,27). The lowest BCUT2D eigenvalue weighted by Gasteiger charge is -2.36. The molecular formula is C20H21FN4O3. The zero-order chi connectivity index (χ0) is 19.7. The number of hydrogen-bond donors (Lipinski definition) is 1. The van der Waals surface area contributed by atoms with Crippen LogP contribution in [-0.4, -0.2) is 54.0 Å². The Morgan fingerprint density at radius 2 is 1.82 bits per heavy atom. The maximum atomic E-state index is 13.0. The summed E-state index contributed by atoms with van der Waals surface area (Å²) in [4.78, 5) is 28.7. The maximum absolute atomic E-state index is 13.0. The lowest BCUT2D eigenvalue weighted by Crippen LogP contribution is -2.51. The van der Waals surface area contributed by atoms with Gasteiger partial charge in [-0.25, -0.2) is 4.39 Å². The number of rotatable bonds is 4. The highest BCUT2D eigenvalue weighted by molar-refractivity contribution is 5.99. The highest BCUT2D eigenvalue weighted by Gasteiger charge is 2.22. The van der Waals surface area contributed by atoms with Crippen molar-refractivity contribution in [1.82, 2.24) is 14.8 Å². The molecule has 0 spiro atoms. The molecule has 3 aromatic rings. The van der Waals surface area contributed by atoms with Crippen LogP contribution in [0, 0.1) is 5.82 Å². The first-order valence-corrected chi connectivity index (χ1v) is 9.12. The third-order valence-electron chi connectivity index (χ3n) is 5.12. The van der Waals surface area contributed by atoms with E-state index >= 15 is 0 Å². The van der Waals surface area contributed by atoms with E-state index < -0.39 is 0 Å². The summed E-state index contributed by atoms with van der Waals surface area (Å²) in [6, 6.07) is 9.80. The first kappa shape index (κ1) is 18.1. The summed E-state index contributed by atoms with van der Waals surface area (Å²) in [5.74, 6) is -0.698. The van der Waals surface area contributed by atoms with Crippen molar-refractivity contribution >= 4 is 28.6 Å². The van der Waals surface area contributed by atoms with Gasteiger partial charge in [-0.1, -0.05) is 0 Å². The van der Waals surface area contributed by atoms with Gasteiger partial charge in [0.1, 0.15) is 11.5 Å². The van der Waals surface area contributed by atoms with E-state index in [1.807, 2.05) is 0 Å². The van der Waals surface area contributed by atoms with Crippen molar-refractivity contribution in [2.75, 3.05) is 37.6 Å². The molecule has 0 saturated carbocycles. The quantitative estimate of drug-likeness (QED) is 0.747. The number of nitrogens with one attached hydrogen (secondary N) is 1. The van der Waals surface area contributed by atoms with Crippen LogP contribution in [0.1, 0.15) is 10.5 Å². The highest BCUT2D eigenvalue weighted by Crippen LogP contribution is 2.19. The molecule has 4 rings (SSSR count). The highest BCUT2D eigenvalue weighted by atomic mass is 19.1. The second-order valence-electron chi connectivity index (χ2n) is 6.79. The molecule has 1 fully saturated rings. The first-order valence-electron chi connectivity index (χ1n) is 9.12. The van der Waals surface area contributed by atoms with Gasteiger partial charge in [0.05, 0.1) is 18.3 Å². The molecule has 0 atom stereocenters. The molecule has 0 aliphatic carbocycles. The summed E-state index contributed by atoms with van der Waals surface area (Å²) < 4.78 is 20.1. The van der Waals surface area contributed by atoms with Gasteiger partial charge in [-0.3, -0.25) is 9.59 Å². The number of aromatic nitrogens is 1. The van der Waals surface area contributed by atoms with Crippen molar-refractivity contribution in [3.8, 4) is 0 Å². The van der Waals surface area contributed by atoms with Crippen molar-refractivity contribution in [1.29, 1.82) is 0 Å². The largest absolute Gasteiger partial charge is 0.463 e. The van der Waals surface area contributed by atoms with Crippen LogP contribution in [0.2, 0.25) is 0 Å². The Morgan fingerprint density at radius 1 is 1.11 bits per heavy atom. The van der Waals surface area contributed by atoms with E-state index in [1.165, 1.54) is 12.1 Å². The Labute approximate surface area is 161 Å². The van der Waals surface area contributed by atoms with Gasteiger partial charge in [0, 0.05) is 51.0 Å². The monoisotopic (exact) mass is 384 g/mol. The van der Waals surface area contributed by atoms with Gasteiger partial charge in [-0.15, -0.1) is 0 Å². The Morgan fingerprint density at radius 3 is 2.50 bits per heavy atom. The predicted octanol–water partition coefficient (Wildman–Crippen LogP) is 1.99. The number of nitrogens with zero attached hydrogens (tertiary/aromatic N) is 3. The number of furan rings is 1. The van der Waals surface area contributed by atoms with Crippen LogP contribution in [-0.2, 0) is 11.8 Å². The number of halogens is 1. The van der Waals surface area contributed by atoms with Gasteiger partial charge in [0.25, 0.3) is 5.91 Å². The van der Waals surface area contributed by atoms with Crippen LogP contribution in [0.3, 0.4) is 0 Å². The fraction of sp³-hybridized carbons (Fsp3) is 0.300. The lowest BCUT2D eigenvalue weighted by atomic mass is 10.2. The minimum Gasteiger partial charge on any atom is -0.463 e. The van der Waals surface area contributed by atoms with Crippen molar-refractivity contribution < 1.29 is 18.4 Å². The van der Waals surface area contributed by atoms with Crippen molar-refractivity contribution in [3.63, 3.8) is 0 Å². The molecule has 0 bridgehead atoms. The molecule has 1 aliphatic heterocycles. The minimum atomic E-state index is -0.313. The Hall–Kier alpha value is -3.29. The Bertz CT molecular complexity index is 1000. The molecule has 28 heavy (non-hydrogen) atoms. The fourth-order valence-electron chi connectivity index (χ4n) is 3.49. The van der Waals surface area contributed by atoms with E-state index in [4.69, 9.17) is 4.42 Å². The molecule has 0 unspecified atom stereocenters. The van der Waals surface area contributed by atoms with Gasteiger partial charge in [0.2, 0.25) is 5.91 Å². The summed E-state index contributed by atoms with van der Waals surface area (Å²) >= 11 is 0. The molecule has 1 aliphatic rings. The average Bonchev–Trinajstić information content (AvgIpc) is 3.30. The molecule has 8 heteroatoms. The first-order chi connectivity index (χ1) is 13.5. The number of carbonyl (C=O) groups is 2. The van der Waals surface area contributed by atoms with Crippen LogP contribution in [0.5, 0.6) is 0 Å². The zero-order valence-electron chi connectivity index (χ0n) is 15.5. The van der Waals surface area contributed by atoms with Crippen molar-refractivity contribution in [3.05, 3.63) is 54.2 Å². The molecule has 7 nitrogen and oxygen atoms in total. The number of aryl methyl sites for hydroxylation is 1. The van der Waals surface area contributed by atoms with Gasteiger partial charge in [-0.05, 0) is 24.3 Å². The van der Waals surface area contributed by atoms with E-state index in [0.717, 1.165) is 11.2 Å². The Kier molecular flexibility index (Phi) is 4.77. The van der Waals surface area contributed by atoms with Crippen LogP contribution < -0.4 is 10.2 Å². The van der Waals surface area contributed by atoms with Crippen molar-refractivity contribution in [2.45, 2.75) is 0 Å². The van der Waals surface area contributed by atoms with E-state index in [9.17, 15) is 14.0 Å². The zero-order valence-corrected chi connectivity index (χ0v) is 15.5. The summed E-state index contributed by atoms with van der Waals surface area (Å²) in [6.45, 7) is 2.40. The molecular weight excluding hydrogens is 363 g/mol. The van der Waals surface area contributed by atoms with Gasteiger partial charge in [-0.2, -0.15) is 0 Å². The van der Waals surface area contributed by atoms with Crippen molar-refractivity contribution in [2.24, 2.45) is 7.05 Å². The number of fused-ring (bicyclic) bond motifs is 1. The SMILES string of the molecule is Cn1c(C(=O)NCC(=O)N2CCN(c3ccc(F)cc3)CC2)cc2occc21. The van der Waals surface area contributed by atoms with E-state index in [-0.39, 0.29) is 24.2 Å². The fourth-order valence-corrected chi connectivity index (χ4v) is 3.49. The number of carbonyl (C=O) groups excluding carboxylic acids is 2. The molecule has 1 aromatic carbocycles. The number of piperazine rings is 1. The third-order valence-corrected chi connectivity index (χ3v) is 5.12.